The lowest BCUT2D eigenvalue weighted by atomic mass is 10.0. The second-order valence-corrected chi connectivity index (χ2v) is 8.94. The van der Waals surface area contributed by atoms with Gasteiger partial charge in [-0.1, -0.05) is 23.5 Å². The zero-order chi connectivity index (χ0) is 18.5. The minimum absolute atomic E-state index is 0. The second-order valence-electron chi connectivity index (χ2n) is 7.94. The molecule has 2 aliphatic heterocycles. The van der Waals surface area contributed by atoms with Gasteiger partial charge in [-0.2, -0.15) is 0 Å². The smallest absolute Gasteiger partial charge is 0.279 e. The fourth-order valence-corrected chi connectivity index (χ4v) is 5.51. The number of thiazole rings is 1. The Bertz CT molecular complexity index is 1120. The van der Waals surface area contributed by atoms with Gasteiger partial charge in [-0.15, -0.1) is 24.8 Å². The van der Waals surface area contributed by atoms with Crippen molar-refractivity contribution in [2.75, 3.05) is 26.2 Å². The zero-order valence-corrected chi connectivity index (χ0v) is 18.8. The first-order valence-corrected chi connectivity index (χ1v) is 10.7. The quantitative estimate of drug-likeness (QED) is 0.444. The van der Waals surface area contributed by atoms with E-state index in [2.05, 4.69) is 44.6 Å². The molecule has 2 saturated heterocycles. The average molecular weight is 463 g/mol. The van der Waals surface area contributed by atoms with Gasteiger partial charge in [0.1, 0.15) is 5.75 Å². The summed E-state index contributed by atoms with van der Waals surface area (Å²) >= 11 is 1.58. The van der Waals surface area contributed by atoms with E-state index in [1.165, 1.54) is 37.1 Å². The summed E-state index contributed by atoms with van der Waals surface area (Å²) in [6.45, 7) is 5.81. The molecule has 2 atom stereocenters. The summed E-state index contributed by atoms with van der Waals surface area (Å²) in [5.74, 6) is 2.49. The first-order chi connectivity index (χ1) is 13.8. The number of benzene rings is 2. The van der Waals surface area contributed by atoms with E-state index in [0.29, 0.717) is 5.19 Å². The summed E-state index contributed by atoms with van der Waals surface area (Å²) in [6.07, 6.45) is 2.15. The molecule has 2 fully saturated rings. The molecule has 4 heterocycles. The predicted molar refractivity (Wildman–Crippen MR) is 128 cm³/mol. The van der Waals surface area contributed by atoms with Crippen molar-refractivity contribution < 1.29 is 4.74 Å². The maximum Gasteiger partial charge on any atom is 0.279 e. The number of nitrogens with one attached hydrogen (secondary N) is 2. The number of aromatic nitrogens is 2. The lowest BCUT2D eigenvalue weighted by Gasteiger charge is -2.16. The third kappa shape index (κ3) is 3.90. The summed E-state index contributed by atoms with van der Waals surface area (Å²) in [5, 5.41) is 5.49. The van der Waals surface area contributed by atoms with E-state index in [-0.39, 0.29) is 24.8 Å². The Kier molecular flexibility index (Phi) is 6.23. The molecule has 0 bridgehead atoms. The second kappa shape index (κ2) is 8.73. The Labute approximate surface area is 191 Å². The summed E-state index contributed by atoms with van der Waals surface area (Å²) < 4.78 is 7.18. The molecule has 4 aromatic rings. The standard InChI is InChI=1S/C22H22N4OS.2ClH/c1-2-4-21-19(3-1)25-22(28-21)27-17-5-6-18-16(10-24-20(18)7-17)13-26-11-14-8-23-9-15(14)12-26;;/h1-7,10,14-15,23-24H,8-9,11-13H2;2*1H. The normalized spacial score (nSPS) is 20.8. The van der Waals surface area contributed by atoms with E-state index in [1.54, 1.807) is 11.3 Å². The van der Waals surface area contributed by atoms with Crippen LogP contribution in [0, 0.1) is 11.8 Å². The summed E-state index contributed by atoms with van der Waals surface area (Å²) in [6, 6.07) is 14.4. The maximum atomic E-state index is 6.03. The number of hydrogen-bond donors (Lipinski definition) is 2. The van der Waals surface area contributed by atoms with Crippen LogP contribution in [0.15, 0.2) is 48.7 Å². The average Bonchev–Trinajstić information content (AvgIpc) is 3.44. The van der Waals surface area contributed by atoms with Crippen LogP contribution in [0.1, 0.15) is 5.56 Å². The topological polar surface area (TPSA) is 53.2 Å². The van der Waals surface area contributed by atoms with Crippen LogP contribution in [0.2, 0.25) is 0 Å². The largest absolute Gasteiger partial charge is 0.431 e. The number of aromatic amines is 1. The molecule has 2 N–H and O–H groups in total. The molecular weight excluding hydrogens is 439 g/mol. The van der Waals surface area contributed by atoms with Crippen molar-refractivity contribution in [3.05, 3.63) is 54.2 Å². The number of fused-ring (bicyclic) bond motifs is 3. The van der Waals surface area contributed by atoms with E-state index in [0.717, 1.165) is 39.9 Å². The first kappa shape index (κ1) is 21.4. The Morgan fingerprint density at radius 2 is 1.87 bits per heavy atom. The Morgan fingerprint density at radius 1 is 1.07 bits per heavy atom. The maximum absolute atomic E-state index is 6.03. The molecule has 158 valence electrons. The van der Waals surface area contributed by atoms with Crippen LogP contribution < -0.4 is 10.1 Å². The van der Waals surface area contributed by atoms with Crippen molar-refractivity contribution in [3.63, 3.8) is 0 Å². The summed E-state index contributed by atoms with van der Waals surface area (Å²) in [5.41, 5.74) is 3.47. The van der Waals surface area contributed by atoms with Crippen LogP contribution in [0.5, 0.6) is 10.9 Å². The van der Waals surface area contributed by atoms with Crippen molar-refractivity contribution >= 4 is 57.3 Å². The van der Waals surface area contributed by atoms with Gasteiger partial charge in [0, 0.05) is 42.8 Å². The van der Waals surface area contributed by atoms with Gasteiger partial charge in [0.05, 0.1) is 10.2 Å². The van der Waals surface area contributed by atoms with Gasteiger partial charge in [-0.3, -0.25) is 4.90 Å². The van der Waals surface area contributed by atoms with Gasteiger partial charge in [0.25, 0.3) is 5.19 Å². The molecule has 0 saturated carbocycles. The Morgan fingerprint density at radius 3 is 2.67 bits per heavy atom. The number of rotatable bonds is 4. The highest BCUT2D eigenvalue weighted by atomic mass is 35.5. The van der Waals surface area contributed by atoms with E-state index >= 15 is 0 Å². The molecule has 30 heavy (non-hydrogen) atoms. The number of para-hydroxylation sites is 1. The molecule has 0 amide bonds. The minimum Gasteiger partial charge on any atom is -0.431 e. The number of H-pyrrole nitrogens is 1. The molecule has 0 spiro atoms. The van der Waals surface area contributed by atoms with Crippen LogP contribution in [0.25, 0.3) is 21.1 Å². The predicted octanol–water partition coefficient (Wildman–Crippen LogP) is 5.06. The number of halogens is 2. The Balaban J connectivity index is 0.00000109. The minimum atomic E-state index is 0. The van der Waals surface area contributed by atoms with Crippen molar-refractivity contribution in [2.24, 2.45) is 11.8 Å². The van der Waals surface area contributed by atoms with Crippen LogP contribution in [-0.2, 0) is 6.54 Å². The highest BCUT2D eigenvalue weighted by molar-refractivity contribution is 7.20. The lowest BCUT2D eigenvalue weighted by molar-refractivity contribution is 0.307. The highest BCUT2D eigenvalue weighted by Crippen LogP contribution is 2.33. The van der Waals surface area contributed by atoms with Gasteiger partial charge in [0.2, 0.25) is 0 Å². The van der Waals surface area contributed by atoms with Crippen LogP contribution >= 0.6 is 36.2 Å². The molecule has 8 heteroatoms. The third-order valence-corrected chi connectivity index (χ3v) is 6.99. The van der Waals surface area contributed by atoms with Gasteiger partial charge in [-0.05, 0) is 54.8 Å². The molecule has 2 aliphatic rings. The first-order valence-electron chi connectivity index (χ1n) is 9.88. The number of nitrogens with zero attached hydrogens (tertiary/aromatic N) is 2. The molecule has 2 aromatic carbocycles. The third-order valence-electron chi connectivity index (χ3n) is 6.08. The molecule has 5 nitrogen and oxygen atoms in total. The van der Waals surface area contributed by atoms with E-state index in [1.807, 2.05) is 24.3 Å². The van der Waals surface area contributed by atoms with Crippen molar-refractivity contribution in [3.8, 4) is 10.9 Å². The number of likely N-dealkylation sites (tertiary alicyclic amines) is 1. The van der Waals surface area contributed by atoms with Crippen molar-refractivity contribution in [2.45, 2.75) is 6.54 Å². The summed E-state index contributed by atoms with van der Waals surface area (Å²) in [7, 11) is 0. The molecule has 0 radical (unpaired) electrons. The fraction of sp³-hybridized carbons (Fsp3) is 0.318. The van der Waals surface area contributed by atoms with Gasteiger partial charge in [0.15, 0.2) is 0 Å². The fourth-order valence-electron chi connectivity index (χ4n) is 4.68. The molecule has 6 rings (SSSR count). The van der Waals surface area contributed by atoms with Gasteiger partial charge >= 0.3 is 0 Å². The highest BCUT2D eigenvalue weighted by Gasteiger charge is 2.35. The lowest BCUT2D eigenvalue weighted by Crippen LogP contribution is -2.25. The SMILES string of the molecule is Cl.Cl.c1ccc2sc(Oc3ccc4c(CN5CC6CNCC6C5)c[nH]c4c3)nc2c1. The van der Waals surface area contributed by atoms with Crippen LogP contribution in [0.4, 0.5) is 0 Å². The zero-order valence-electron chi connectivity index (χ0n) is 16.3. The van der Waals surface area contributed by atoms with Gasteiger partial charge in [-0.25, -0.2) is 4.98 Å². The van der Waals surface area contributed by atoms with Gasteiger partial charge < -0.3 is 15.0 Å². The van der Waals surface area contributed by atoms with Crippen molar-refractivity contribution in [1.29, 1.82) is 0 Å². The molecule has 2 unspecified atom stereocenters. The van der Waals surface area contributed by atoms with Crippen LogP contribution in [0.3, 0.4) is 0 Å². The molecule has 0 aliphatic carbocycles. The summed E-state index contributed by atoms with van der Waals surface area (Å²) in [4.78, 5) is 10.6. The molecular formula is C22H24Cl2N4OS. The van der Waals surface area contributed by atoms with E-state index in [4.69, 9.17) is 4.74 Å². The van der Waals surface area contributed by atoms with Crippen molar-refractivity contribution in [1.82, 2.24) is 20.2 Å². The monoisotopic (exact) mass is 462 g/mol. The van der Waals surface area contributed by atoms with E-state index in [9.17, 15) is 0 Å². The van der Waals surface area contributed by atoms with Crippen LogP contribution in [-0.4, -0.2) is 41.0 Å². The number of hydrogen-bond acceptors (Lipinski definition) is 5. The number of ether oxygens (including phenoxy) is 1. The Hall–Kier alpha value is -1.83. The molecule has 2 aromatic heterocycles. The van der Waals surface area contributed by atoms with E-state index < -0.39 is 0 Å².